The lowest BCUT2D eigenvalue weighted by atomic mass is 9.94. The van der Waals surface area contributed by atoms with Crippen LogP contribution in [0.15, 0.2) is 28.7 Å². The van der Waals surface area contributed by atoms with E-state index in [0.29, 0.717) is 11.3 Å². The summed E-state index contributed by atoms with van der Waals surface area (Å²) in [5.74, 6) is 6.95. The Bertz CT molecular complexity index is 647. The van der Waals surface area contributed by atoms with Gasteiger partial charge in [-0.15, -0.1) is 0 Å². The van der Waals surface area contributed by atoms with Gasteiger partial charge in [0.1, 0.15) is 11.5 Å². The molecule has 3 N–H and O–H groups in total. The first-order valence-corrected chi connectivity index (χ1v) is 6.45. The zero-order chi connectivity index (χ0) is 15.8. The van der Waals surface area contributed by atoms with Crippen LogP contribution in [-0.4, -0.2) is 0 Å². The van der Waals surface area contributed by atoms with Crippen LogP contribution in [0.5, 0.6) is 0 Å². The molecule has 1 aromatic heterocycles. The van der Waals surface area contributed by atoms with Crippen LogP contribution in [0.3, 0.4) is 0 Å². The third kappa shape index (κ3) is 2.96. The summed E-state index contributed by atoms with van der Waals surface area (Å²) >= 11 is 0. The van der Waals surface area contributed by atoms with Crippen LogP contribution in [-0.2, 0) is 6.18 Å². The predicted molar refractivity (Wildman–Crippen MR) is 73.5 cm³/mol. The van der Waals surface area contributed by atoms with Crippen molar-refractivity contribution in [1.82, 2.24) is 5.43 Å². The van der Waals surface area contributed by atoms with Gasteiger partial charge < -0.3 is 4.42 Å². The molecule has 0 aliphatic rings. The molecule has 0 aliphatic carbocycles. The van der Waals surface area contributed by atoms with E-state index in [-0.39, 0.29) is 0 Å². The average molecular weight is 298 g/mol. The van der Waals surface area contributed by atoms with Crippen LogP contribution in [0.2, 0.25) is 0 Å². The Balaban J connectivity index is 2.52. The Kier molecular flexibility index (Phi) is 4.11. The second-order valence-corrected chi connectivity index (χ2v) is 4.98. The maximum Gasteiger partial charge on any atom is 0.416 e. The van der Waals surface area contributed by atoms with E-state index in [1.54, 1.807) is 13.0 Å². The number of alkyl halides is 3. The molecule has 1 atom stereocenters. The highest BCUT2D eigenvalue weighted by Gasteiger charge is 2.31. The molecule has 3 nitrogen and oxygen atoms in total. The molecule has 0 bridgehead atoms. The van der Waals surface area contributed by atoms with Gasteiger partial charge in [0, 0.05) is 5.56 Å². The maximum absolute atomic E-state index is 12.8. The van der Waals surface area contributed by atoms with Crippen molar-refractivity contribution in [3.05, 3.63) is 58.0 Å². The Labute approximate surface area is 120 Å². The van der Waals surface area contributed by atoms with Gasteiger partial charge in [-0.2, -0.15) is 13.2 Å². The molecule has 1 heterocycles. The summed E-state index contributed by atoms with van der Waals surface area (Å²) in [6, 6.07) is 4.58. The van der Waals surface area contributed by atoms with E-state index in [4.69, 9.17) is 10.3 Å². The summed E-state index contributed by atoms with van der Waals surface area (Å²) in [4.78, 5) is 0. The van der Waals surface area contributed by atoms with Crippen molar-refractivity contribution in [3.63, 3.8) is 0 Å². The van der Waals surface area contributed by atoms with Crippen LogP contribution in [0.4, 0.5) is 13.2 Å². The monoisotopic (exact) mass is 298 g/mol. The van der Waals surface area contributed by atoms with Crippen LogP contribution in [0.25, 0.3) is 0 Å². The van der Waals surface area contributed by atoms with Gasteiger partial charge in [-0.05, 0) is 44.0 Å². The van der Waals surface area contributed by atoms with Crippen LogP contribution in [0.1, 0.15) is 39.8 Å². The highest BCUT2D eigenvalue weighted by molar-refractivity contribution is 5.41. The maximum atomic E-state index is 12.8. The molecule has 1 unspecified atom stereocenters. The van der Waals surface area contributed by atoms with Gasteiger partial charge in [0.25, 0.3) is 0 Å². The number of halogens is 3. The fraction of sp³-hybridized carbons (Fsp3) is 0.333. The van der Waals surface area contributed by atoms with Gasteiger partial charge in [-0.1, -0.05) is 12.1 Å². The van der Waals surface area contributed by atoms with Crippen molar-refractivity contribution in [1.29, 1.82) is 0 Å². The molecule has 21 heavy (non-hydrogen) atoms. The zero-order valence-corrected chi connectivity index (χ0v) is 12.0. The van der Waals surface area contributed by atoms with E-state index >= 15 is 0 Å². The summed E-state index contributed by atoms with van der Waals surface area (Å²) in [6.45, 7) is 5.44. The minimum atomic E-state index is -4.38. The SMILES string of the molecule is Cc1oc(C)c(C(NN)c2cccc(C(F)(F)F)c2)c1C. The van der Waals surface area contributed by atoms with Gasteiger partial charge in [-0.25, -0.2) is 5.43 Å². The van der Waals surface area contributed by atoms with E-state index in [0.717, 1.165) is 29.0 Å². The van der Waals surface area contributed by atoms with Gasteiger partial charge in [-0.3, -0.25) is 5.84 Å². The van der Waals surface area contributed by atoms with E-state index in [1.807, 2.05) is 13.8 Å². The second-order valence-electron chi connectivity index (χ2n) is 4.98. The van der Waals surface area contributed by atoms with E-state index in [9.17, 15) is 13.2 Å². The number of hydrogen-bond acceptors (Lipinski definition) is 3. The highest BCUT2D eigenvalue weighted by Crippen LogP contribution is 2.34. The number of hydrogen-bond donors (Lipinski definition) is 2. The molecule has 6 heteroatoms. The zero-order valence-electron chi connectivity index (χ0n) is 12.0. The molecule has 0 saturated heterocycles. The first-order valence-electron chi connectivity index (χ1n) is 6.45. The Morgan fingerprint density at radius 3 is 2.29 bits per heavy atom. The molecule has 0 spiro atoms. The number of aryl methyl sites for hydroxylation is 2. The number of nitrogens with two attached hydrogens (primary N) is 1. The lowest BCUT2D eigenvalue weighted by Gasteiger charge is -2.18. The lowest BCUT2D eigenvalue weighted by molar-refractivity contribution is -0.137. The summed E-state index contributed by atoms with van der Waals surface area (Å²) in [5, 5.41) is 0. The molecule has 0 saturated carbocycles. The fourth-order valence-corrected chi connectivity index (χ4v) is 2.48. The predicted octanol–water partition coefficient (Wildman–Crippen LogP) is 3.78. The molecule has 2 rings (SSSR count). The average Bonchev–Trinajstić information content (AvgIpc) is 2.66. The molecular formula is C15H17F3N2O. The Hall–Kier alpha value is -1.79. The third-order valence-electron chi connectivity index (χ3n) is 3.62. The van der Waals surface area contributed by atoms with Crippen molar-refractivity contribution in [2.24, 2.45) is 5.84 Å². The number of rotatable bonds is 3. The summed E-state index contributed by atoms with van der Waals surface area (Å²) < 4.78 is 44.0. The van der Waals surface area contributed by atoms with Gasteiger partial charge in [0.05, 0.1) is 11.6 Å². The topological polar surface area (TPSA) is 51.2 Å². The normalized spacial score (nSPS) is 13.5. The van der Waals surface area contributed by atoms with Gasteiger partial charge in [0.15, 0.2) is 0 Å². The molecule has 0 aliphatic heterocycles. The largest absolute Gasteiger partial charge is 0.466 e. The van der Waals surface area contributed by atoms with Crippen molar-refractivity contribution in [2.45, 2.75) is 33.0 Å². The second kappa shape index (κ2) is 5.54. The fourth-order valence-electron chi connectivity index (χ4n) is 2.48. The molecule has 0 amide bonds. The van der Waals surface area contributed by atoms with Crippen LogP contribution in [0, 0.1) is 20.8 Å². The van der Waals surface area contributed by atoms with Crippen molar-refractivity contribution < 1.29 is 17.6 Å². The van der Waals surface area contributed by atoms with E-state index in [1.165, 1.54) is 6.07 Å². The van der Waals surface area contributed by atoms with Gasteiger partial charge in [0.2, 0.25) is 0 Å². The number of hydrazine groups is 1. The molecule has 114 valence electrons. The lowest BCUT2D eigenvalue weighted by Crippen LogP contribution is -2.29. The van der Waals surface area contributed by atoms with Crippen LogP contribution < -0.4 is 11.3 Å². The number of benzene rings is 1. The third-order valence-corrected chi connectivity index (χ3v) is 3.62. The standard InChI is InChI=1S/C15H17F3N2O/c1-8-9(2)21-10(3)13(8)14(20-19)11-5-4-6-12(7-11)15(16,17)18/h4-7,14,20H,19H2,1-3H3. The summed E-state index contributed by atoms with van der Waals surface area (Å²) in [7, 11) is 0. The van der Waals surface area contributed by atoms with Crippen molar-refractivity contribution in [3.8, 4) is 0 Å². The number of nitrogens with one attached hydrogen (secondary N) is 1. The smallest absolute Gasteiger partial charge is 0.416 e. The minimum absolute atomic E-state index is 0.444. The summed E-state index contributed by atoms with van der Waals surface area (Å²) in [5.41, 5.74) is 3.98. The highest BCUT2D eigenvalue weighted by atomic mass is 19.4. The minimum Gasteiger partial charge on any atom is -0.466 e. The van der Waals surface area contributed by atoms with Crippen molar-refractivity contribution in [2.75, 3.05) is 0 Å². The molecule has 0 fully saturated rings. The molecule has 1 aromatic carbocycles. The Morgan fingerprint density at radius 2 is 1.81 bits per heavy atom. The molecular weight excluding hydrogens is 281 g/mol. The molecule has 2 aromatic rings. The van der Waals surface area contributed by atoms with E-state index < -0.39 is 17.8 Å². The first-order chi connectivity index (χ1) is 9.75. The van der Waals surface area contributed by atoms with Gasteiger partial charge >= 0.3 is 6.18 Å². The first kappa shape index (κ1) is 15.6. The van der Waals surface area contributed by atoms with Crippen LogP contribution >= 0.6 is 0 Å². The summed E-state index contributed by atoms with van der Waals surface area (Å²) in [6.07, 6.45) is -4.38. The quantitative estimate of drug-likeness (QED) is 0.670. The molecule has 0 radical (unpaired) electrons. The van der Waals surface area contributed by atoms with E-state index in [2.05, 4.69) is 5.43 Å². The Morgan fingerprint density at radius 1 is 1.14 bits per heavy atom. The van der Waals surface area contributed by atoms with Crippen molar-refractivity contribution >= 4 is 0 Å². The number of furan rings is 1.